The van der Waals surface area contributed by atoms with E-state index in [1.54, 1.807) is 16.2 Å². The first-order chi connectivity index (χ1) is 12.9. The van der Waals surface area contributed by atoms with Gasteiger partial charge < -0.3 is 14.0 Å². The lowest BCUT2D eigenvalue weighted by Crippen LogP contribution is -2.66. The Morgan fingerprint density at radius 2 is 1.93 bits per heavy atom. The van der Waals surface area contributed by atoms with E-state index in [9.17, 15) is 9.59 Å². The van der Waals surface area contributed by atoms with Crippen LogP contribution in [0.5, 0.6) is 5.75 Å². The summed E-state index contributed by atoms with van der Waals surface area (Å²) in [6.45, 7) is 1.65. The zero-order chi connectivity index (χ0) is 19.2. The third-order valence-electron chi connectivity index (χ3n) is 4.96. The van der Waals surface area contributed by atoms with Gasteiger partial charge in [-0.05, 0) is 21.5 Å². The predicted molar refractivity (Wildman–Crippen MR) is 103 cm³/mol. The number of aromatic nitrogens is 1. The Morgan fingerprint density at radius 1 is 1.22 bits per heavy atom. The van der Waals surface area contributed by atoms with E-state index in [0.717, 1.165) is 5.56 Å². The van der Waals surface area contributed by atoms with Crippen LogP contribution in [0.1, 0.15) is 16.1 Å². The summed E-state index contributed by atoms with van der Waals surface area (Å²) in [7, 11) is 3.62. The lowest BCUT2D eigenvalue weighted by atomic mass is 9.92. The van der Waals surface area contributed by atoms with Crippen molar-refractivity contribution in [1.82, 2.24) is 14.6 Å². The maximum absolute atomic E-state index is 13.2. The van der Waals surface area contributed by atoms with E-state index in [4.69, 9.17) is 9.47 Å². The number of ether oxygens (including phenoxy) is 2. The number of fused-ring (bicyclic) bond motifs is 2. The summed E-state index contributed by atoms with van der Waals surface area (Å²) in [6, 6.07) is 9.55. The quantitative estimate of drug-likeness (QED) is 0.735. The maximum atomic E-state index is 13.2. The van der Waals surface area contributed by atoms with Crippen molar-refractivity contribution < 1.29 is 14.3 Å². The normalized spacial score (nSPS) is 17.8. The summed E-state index contributed by atoms with van der Waals surface area (Å²) < 4.78 is 13.6. The van der Waals surface area contributed by atoms with Gasteiger partial charge in [0.15, 0.2) is 11.4 Å². The molecule has 0 atom stereocenters. The molecule has 0 saturated carbocycles. The molecule has 3 heterocycles. The van der Waals surface area contributed by atoms with Gasteiger partial charge in [-0.25, -0.2) is 5.01 Å². The molecule has 1 spiro atoms. The van der Waals surface area contributed by atoms with E-state index in [0.29, 0.717) is 24.2 Å². The Labute approximate surface area is 165 Å². The highest BCUT2D eigenvalue weighted by Crippen LogP contribution is 2.37. The molecule has 142 valence electrons. The average Bonchev–Trinajstić information content (AvgIpc) is 2.62. The highest BCUT2D eigenvalue weighted by molar-refractivity contribution is 9.10. The molecule has 8 heteroatoms. The summed E-state index contributed by atoms with van der Waals surface area (Å²) in [5.74, 6) is -0.193. The van der Waals surface area contributed by atoms with Gasteiger partial charge in [-0.2, -0.15) is 0 Å². The van der Waals surface area contributed by atoms with Gasteiger partial charge in [-0.1, -0.05) is 30.3 Å². The molecular weight excluding hydrogens is 414 g/mol. The van der Waals surface area contributed by atoms with Gasteiger partial charge in [0.1, 0.15) is 12.1 Å². The Bertz CT molecular complexity index is 938. The van der Waals surface area contributed by atoms with Gasteiger partial charge >= 0.3 is 0 Å². The number of hydrogen-bond donors (Lipinski definition) is 0. The lowest BCUT2D eigenvalue weighted by Gasteiger charge is -2.51. The molecule has 2 aliphatic rings. The van der Waals surface area contributed by atoms with Crippen LogP contribution >= 0.6 is 15.9 Å². The first-order valence-corrected chi connectivity index (χ1v) is 9.41. The smallest absolute Gasteiger partial charge is 0.288 e. The van der Waals surface area contributed by atoms with Crippen LogP contribution in [0.4, 0.5) is 0 Å². The Kier molecular flexibility index (Phi) is 4.57. The number of pyridine rings is 1. The number of hydrogen-bond acceptors (Lipinski definition) is 5. The number of nitrogens with zero attached hydrogens (tertiary/aromatic N) is 3. The van der Waals surface area contributed by atoms with Crippen molar-refractivity contribution in [2.75, 3.05) is 33.9 Å². The summed E-state index contributed by atoms with van der Waals surface area (Å²) >= 11 is 3.33. The molecule has 1 aromatic heterocycles. The Morgan fingerprint density at radius 3 is 2.52 bits per heavy atom. The molecule has 4 rings (SSSR count). The molecule has 0 unspecified atom stereocenters. The topological polar surface area (TPSA) is 64.0 Å². The Balaban J connectivity index is 1.82. The molecule has 1 saturated heterocycles. The predicted octanol–water partition coefficient (Wildman–Crippen LogP) is 1.85. The van der Waals surface area contributed by atoms with Gasteiger partial charge in [-0.15, -0.1) is 0 Å². The number of halogens is 1. The molecule has 7 nitrogen and oxygen atoms in total. The van der Waals surface area contributed by atoms with Gasteiger partial charge in [-0.3, -0.25) is 14.6 Å². The molecule has 2 aliphatic heterocycles. The van der Waals surface area contributed by atoms with Crippen molar-refractivity contribution in [1.29, 1.82) is 0 Å². The highest BCUT2D eigenvalue weighted by atomic mass is 79.9. The third kappa shape index (κ3) is 2.97. The zero-order valence-electron chi connectivity index (χ0n) is 15.1. The number of rotatable bonds is 4. The van der Waals surface area contributed by atoms with Crippen LogP contribution in [0.3, 0.4) is 0 Å². The summed E-state index contributed by atoms with van der Waals surface area (Å²) in [5.41, 5.74) is 0.461. The number of hydrazine groups is 1. The SMILES string of the molecule is CN(C)N1CC2(COC2)n2cc(Br)c(=O)c(OCc3ccccc3)c2C1=O. The fourth-order valence-electron chi connectivity index (χ4n) is 3.44. The summed E-state index contributed by atoms with van der Waals surface area (Å²) in [5, 5.41) is 3.36. The van der Waals surface area contributed by atoms with E-state index in [-0.39, 0.29) is 29.4 Å². The molecule has 0 radical (unpaired) electrons. The van der Waals surface area contributed by atoms with Crippen molar-refractivity contribution >= 4 is 21.8 Å². The van der Waals surface area contributed by atoms with E-state index in [2.05, 4.69) is 15.9 Å². The van der Waals surface area contributed by atoms with Gasteiger partial charge in [0.2, 0.25) is 5.43 Å². The number of amides is 1. The van der Waals surface area contributed by atoms with Crippen LogP contribution in [0.15, 0.2) is 45.8 Å². The van der Waals surface area contributed by atoms with Gasteiger partial charge in [0, 0.05) is 20.3 Å². The molecule has 27 heavy (non-hydrogen) atoms. The molecular formula is C19H20BrN3O4. The zero-order valence-corrected chi connectivity index (χ0v) is 16.7. The minimum absolute atomic E-state index is 0.0658. The number of carbonyl (C=O) groups excluding carboxylic acids is 1. The van der Waals surface area contributed by atoms with Crippen molar-refractivity contribution in [3.8, 4) is 5.75 Å². The standard InChI is InChI=1S/C19H20BrN3O4/c1-21(2)23-10-19(11-26-12-19)22-8-14(20)16(24)17(15(22)18(23)25)27-9-13-6-4-3-5-7-13/h3-8H,9-12H2,1-2H3. The van der Waals surface area contributed by atoms with E-state index in [1.165, 1.54) is 0 Å². The van der Waals surface area contributed by atoms with Crippen LogP contribution in [0.25, 0.3) is 0 Å². The molecule has 1 amide bonds. The minimum Gasteiger partial charge on any atom is -0.483 e. The molecule has 1 aromatic carbocycles. The minimum atomic E-state index is -0.394. The second kappa shape index (κ2) is 6.78. The van der Waals surface area contributed by atoms with E-state index < -0.39 is 5.54 Å². The fourth-order valence-corrected chi connectivity index (χ4v) is 3.82. The van der Waals surface area contributed by atoms with Crippen LogP contribution in [-0.4, -0.2) is 54.3 Å². The second-order valence-electron chi connectivity index (χ2n) is 7.06. The molecule has 1 fully saturated rings. The summed E-state index contributed by atoms with van der Waals surface area (Å²) in [6.07, 6.45) is 1.68. The fraction of sp³-hybridized carbons (Fsp3) is 0.368. The average molecular weight is 434 g/mol. The van der Waals surface area contributed by atoms with Crippen LogP contribution in [0.2, 0.25) is 0 Å². The number of carbonyl (C=O) groups is 1. The largest absolute Gasteiger partial charge is 0.483 e. The first kappa shape index (κ1) is 18.2. The van der Waals surface area contributed by atoms with Crippen LogP contribution < -0.4 is 10.2 Å². The van der Waals surface area contributed by atoms with Gasteiger partial charge in [0.05, 0.1) is 24.2 Å². The van der Waals surface area contributed by atoms with Crippen molar-refractivity contribution in [2.24, 2.45) is 0 Å². The monoisotopic (exact) mass is 433 g/mol. The van der Waals surface area contributed by atoms with Crippen LogP contribution in [0, 0.1) is 0 Å². The van der Waals surface area contributed by atoms with Crippen molar-refractivity contribution in [3.63, 3.8) is 0 Å². The van der Waals surface area contributed by atoms with Crippen molar-refractivity contribution in [3.05, 3.63) is 62.5 Å². The molecule has 0 N–H and O–H groups in total. The van der Waals surface area contributed by atoms with Crippen molar-refractivity contribution in [2.45, 2.75) is 12.1 Å². The lowest BCUT2D eigenvalue weighted by molar-refractivity contribution is -0.138. The molecule has 0 bridgehead atoms. The Hall–Kier alpha value is -2.16. The molecule has 2 aromatic rings. The van der Waals surface area contributed by atoms with Gasteiger partial charge in [0.25, 0.3) is 5.91 Å². The second-order valence-corrected chi connectivity index (χ2v) is 7.91. The van der Waals surface area contributed by atoms with E-state index >= 15 is 0 Å². The number of benzene rings is 1. The summed E-state index contributed by atoms with van der Waals surface area (Å²) in [4.78, 5) is 26.0. The first-order valence-electron chi connectivity index (χ1n) is 8.62. The molecule has 0 aliphatic carbocycles. The maximum Gasteiger partial charge on any atom is 0.288 e. The van der Waals surface area contributed by atoms with E-state index in [1.807, 2.05) is 49.0 Å². The highest BCUT2D eigenvalue weighted by Gasteiger charge is 2.50. The third-order valence-corrected chi connectivity index (χ3v) is 5.53. The van der Waals surface area contributed by atoms with Crippen LogP contribution in [-0.2, 0) is 16.9 Å².